The van der Waals surface area contributed by atoms with Crippen molar-refractivity contribution in [2.75, 3.05) is 0 Å². The lowest BCUT2D eigenvalue weighted by Crippen LogP contribution is -2.18. The third-order valence-corrected chi connectivity index (χ3v) is 2.48. The summed E-state index contributed by atoms with van der Waals surface area (Å²) < 4.78 is 5.30. The van der Waals surface area contributed by atoms with Gasteiger partial charge in [0.1, 0.15) is 12.4 Å². The number of hydrogen-bond donors (Lipinski definition) is 0. The molecule has 1 atom stereocenters. The zero-order valence-electron chi connectivity index (χ0n) is 8.98. The molecule has 0 amide bonds. The van der Waals surface area contributed by atoms with Crippen LogP contribution in [0, 0.1) is 0 Å². The molecule has 0 aromatic heterocycles. The zero-order valence-corrected chi connectivity index (χ0v) is 8.98. The molecular weight excluding hydrogens is 192 g/mol. The van der Waals surface area contributed by atoms with Crippen LogP contribution in [0.5, 0.6) is 0 Å². The summed E-state index contributed by atoms with van der Waals surface area (Å²) in [6.07, 6.45) is 10.6. The van der Waals surface area contributed by atoms with Crippen LogP contribution in [0.4, 0.5) is 0 Å². The van der Waals surface area contributed by atoms with Crippen LogP contribution < -0.4 is 0 Å². The Morgan fingerprint density at radius 1 is 1.33 bits per heavy atom. The number of rotatable bonds is 4. The average Bonchev–Trinajstić information content (AvgIpc) is 2.19. The minimum atomic E-state index is -0.239. The molecule has 15 heavy (non-hydrogen) atoms. The predicted molar refractivity (Wildman–Crippen MR) is 57.4 cm³/mol. The third kappa shape index (κ3) is 5.35. The van der Waals surface area contributed by atoms with E-state index in [4.69, 9.17) is 4.74 Å². The molecule has 1 aliphatic rings. The maximum Gasteiger partial charge on any atom is 0.306 e. The van der Waals surface area contributed by atoms with E-state index in [2.05, 4.69) is 12.2 Å². The monoisotopic (exact) mass is 210 g/mol. The summed E-state index contributed by atoms with van der Waals surface area (Å²) in [5.41, 5.74) is 0. The largest absolute Gasteiger partial charge is 0.462 e. The van der Waals surface area contributed by atoms with Crippen molar-refractivity contribution in [2.45, 2.75) is 51.0 Å². The highest BCUT2D eigenvalue weighted by Gasteiger charge is 2.13. The summed E-state index contributed by atoms with van der Waals surface area (Å²) in [4.78, 5) is 21.4. The van der Waals surface area contributed by atoms with Crippen molar-refractivity contribution in [2.24, 2.45) is 0 Å². The Morgan fingerprint density at radius 2 is 2.13 bits per heavy atom. The highest BCUT2D eigenvalue weighted by atomic mass is 16.5. The summed E-state index contributed by atoms with van der Waals surface area (Å²) >= 11 is 0. The smallest absolute Gasteiger partial charge is 0.306 e. The van der Waals surface area contributed by atoms with E-state index in [-0.39, 0.29) is 24.9 Å². The molecule has 1 aliphatic carbocycles. The van der Waals surface area contributed by atoms with Gasteiger partial charge in [-0.1, -0.05) is 12.2 Å². The first-order valence-electron chi connectivity index (χ1n) is 5.61. The number of ether oxygens (including phenoxy) is 1. The van der Waals surface area contributed by atoms with Gasteiger partial charge in [-0.05, 0) is 32.1 Å². The number of esters is 1. The van der Waals surface area contributed by atoms with E-state index < -0.39 is 0 Å². The van der Waals surface area contributed by atoms with Gasteiger partial charge in [0, 0.05) is 6.42 Å². The fraction of sp³-hybridized carbons (Fsp3) is 0.667. The fourth-order valence-electron chi connectivity index (χ4n) is 1.66. The predicted octanol–water partition coefficient (Wildman–Crippen LogP) is 2.40. The Morgan fingerprint density at radius 3 is 2.93 bits per heavy atom. The number of allylic oxidation sites excluding steroid dienone is 2. The van der Waals surface area contributed by atoms with Crippen LogP contribution in [-0.4, -0.2) is 18.4 Å². The minimum Gasteiger partial charge on any atom is -0.462 e. The lowest BCUT2D eigenvalue weighted by molar-refractivity contribution is -0.150. The van der Waals surface area contributed by atoms with Crippen molar-refractivity contribution in [3.63, 3.8) is 0 Å². The molecule has 84 valence electrons. The number of carbonyl (C=O) groups excluding carboxylic acids is 2. The Kier molecular flexibility index (Phi) is 5.74. The molecule has 0 spiro atoms. The second kappa shape index (κ2) is 7.21. The van der Waals surface area contributed by atoms with E-state index in [0.717, 1.165) is 38.4 Å². The van der Waals surface area contributed by atoms with Crippen LogP contribution in [-0.2, 0) is 14.3 Å². The Hall–Kier alpha value is -1.12. The highest BCUT2D eigenvalue weighted by molar-refractivity contribution is 5.72. The first kappa shape index (κ1) is 12.0. The lowest BCUT2D eigenvalue weighted by atomic mass is 10.0. The molecule has 0 aromatic rings. The SMILES string of the molecule is O=CCCC(=O)OC1CCC=CCCC1. The maximum atomic E-state index is 11.3. The van der Waals surface area contributed by atoms with Crippen LogP contribution >= 0.6 is 0 Å². The van der Waals surface area contributed by atoms with Gasteiger partial charge in [0.05, 0.1) is 6.42 Å². The summed E-state index contributed by atoms with van der Waals surface area (Å²) in [5, 5.41) is 0. The van der Waals surface area contributed by atoms with Crippen molar-refractivity contribution >= 4 is 12.3 Å². The van der Waals surface area contributed by atoms with Gasteiger partial charge in [-0.15, -0.1) is 0 Å². The number of hydrogen-bond acceptors (Lipinski definition) is 3. The topological polar surface area (TPSA) is 43.4 Å². The summed E-state index contributed by atoms with van der Waals surface area (Å²) in [7, 11) is 0. The van der Waals surface area contributed by atoms with Gasteiger partial charge >= 0.3 is 5.97 Å². The highest BCUT2D eigenvalue weighted by Crippen LogP contribution is 2.16. The fourth-order valence-corrected chi connectivity index (χ4v) is 1.66. The Bertz CT molecular complexity index is 233. The van der Waals surface area contributed by atoms with Crippen LogP contribution in [0.15, 0.2) is 12.2 Å². The first-order chi connectivity index (χ1) is 7.33. The molecular formula is C12H18O3. The molecule has 1 rings (SSSR count). The van der Waals surface area contributed by atoms with Crippen LogP contribution in [0.2, 0.25) is 0 Å². The molecule has 0 saturated heterocycles. The second-order valence-corrected chi connectivity index (χ2v) is 3.80. The molecule has 0 aliphatic heterocycles. The van der Waals surface area contributed by atoms with Crippen LogP contribution in [0.25, 0.3) is 0 Å². The van der Waals surface area contributed by atoms with E-state index in [1.807, 2.05) is 0 Å². The van der Waals surface area contributed by atoms with Crippen molar-refractivity contribution < 1.29 is 14.3 Å². The van der Waals surface area contributed by atoms with Gasteiger partial charge in [0.15, 0.2) is 0 Å². The molecule has 0 saturated carbocycles. The molecule has 0 fully saturated rings. The summed E-state index contributed by atoms with van der Waals surface area (Å²) in [6, 6.07) is 0. The van der Waals surface area contributed by atoms with E-state index in [0.29, 0.717) is 0 Å². The van der Waals surface area contributed by atoms with Crippen molar-refractivity contribution in [3.8, 4) is 0 Å². The zero-order chi connectivity index (χ0) is 10.9. The number of aldehydes is 1. The first-order valence-corrected chi connectivity index (χ1v) is 5.61. The van der Waals surface area contributed by atoms with Gasteiger partial charge in [-0.3, -0.25) is 4.79 Å². The van der Waals surface area contributed by atoms with Gasteiger partial charge in [-0.25, -0.2) is 0 Å². The molecule has 3 heteroatoms. The van der Waals surface area contributed by atoms with Crippen LogP contribution in [0.1, 0.15) is 44.9 Å². The molecule has 3 nitrogen and oxygen atoms in total. The second-order valence-electron chi connectivity index (χ2n) is 3.80. The van der Waals surface area contributed by atoms with Crippen LogP contribution in [0.3, 0.4) is 0 Å². The Labute approximate surface area is 90.5 Å². The van der Waals surface area contributed by atoms with Crippen molar-refractivity contribution in [1.29, 1.82) is 0 Å². The van der Waals surface area contributed by atoms with E-state index >= 15 is 0 Å². The van der Waals surface area contributed by atoms with Gasteiger partial charge in [-0.2, -0.15) is 0 Å². The summed E-state index contributed by atoms with van der Waals surface area (Å²) in [5.74, 6) is -0.239. The molecule has 0 aromatic carbocycles. The van der Waals surface area contributed by atoms with E-state index in [9.17, 15) is 9.59 Å². The van der Waals surface area contributed by atoms with Gasteiger partial charge in [0.2, 0.25) is 0 Å². The standard InChI is InChI=1S/C12H18O3/c13-10-6-9-12(14)15-11-7-4-2-1-3-5-8-11/h1-2,10-11H,3-9H2. The van der Waals surface area contributed by atoms with Crippen molar-refractivity contribution in [1.82, 2.24) is 0 Å². The quantitative estimate of drug-likeness (QED) is 0.406. The van der Waals surface area contributed by atoms with Crippen molar-refractivity contribution in [3.05, 3.63) is 12.2 Å². The normalized spacial score (nSPS) is 21.5. The Balaban J connectivity index is 2.26. The maximum absolute atomic E-state index is 11.3. The van der Waals surface area contributed by atoms with Gasteiger partial charge < -0.3 is 9.53 Å². The lowest BCUT2D eigenvalue weighted by Gasteiger charge is -2.18. The average molecular weight is 210 g/mol. The minimum absolute atomic E-state index is 0.0501. The molecule has 0 radical (unpaired) electrons. The third-order valence-electron chi connectivity index (χ3n) is 2.48. The molecule has 0 bridgehead atoms. The molecule has 1 unspecified atom stereocenters. The van der Waals surface area contributed by atoms with Gasteiger partial charge in [0.25, 0.3) is 0 Å². The summed E-state index contributed by atoms with van der Waals surface area (Å²) in [6.45, 7) is 0. The van der Waals surface area contributed by atoms with E-state index in [1.165, 1.54) is 0 Å². The van der Waals surface area contributed by atoms with E-state index in [1.54, 1.807) is 0 Å². The molecule has 0 heterocycles. The number of carbonyl (C=O) groups is 2. The molecule has 0 N–H and O–H groups in total.